The first-order chi connectivity index (χ1) is 13.1. The summed E-state index contributed by atoms with van der Waals surface area (Å²) < 4.78 is 11.4. The van der Waals surface area contributed by atoms with Crippen LogP contribution in [0.1, 0.15) is 16.9 Å². The van der Waals surface area contributed by atoms with Crippen molar-refractivity contribution >= 4 is 28.8 Å². The third-order valence-electron chi connectivity index (χ3n) is 4.77. The van der Waals surface area contributed by atoms with E-state index in [9.17, 15) is 4.79 Å². The molecule has 0 bridgehead atoms. The number of hydrogen-bond acceptors (Lipinski definition) is 5. The number of benzene rings is 1. The highest BCUT2D eigenvalue weighted by Crippen LogP contribution is 2.24. The van der Waals surface area contributed by atoms with Crippen LogP contribution in [0.3, 0.4) is 0 Å². The lowest BCUT2D eigenvalue weighted by molar-refractivity contribution is -0.132. The third-order valence-corrected chi connectivity index (χ3v) is 5.99. The maximum absolute atomic E-state index is 12.6. The van der Waals surface area contributed by atoms with Crippen molar-refractivity contribution in [2.75, 3.05) is 40.4 Å². The van der Waals surface area contributed by atoms with Crippen LogP contribution in [0.25, 0.3) is 0 Å². The van der Waals surface area contributed by atoms with E-state index in [0.29, 0.717) is 12.8 Å². The Kier molecular flexibility index (Phi) is 6.99. The number of piperazine rings is 1. The van der Waals surface area contributed by atoms with Crippen molar-refractivity contribution in [2.45, 2.75) is 19.4 Å². The number of nitrogens with zero attached hydrogens (tertiary/aromatic N) is 2. The summed E-state index contributed by atoms with van der Waals surface area (Å²) in [6.07, 6.45) is 1.18. The van der Waals surface area contributed by atoms with Gasteiger partial charge in [-0.3, -0.25) is 9.69 Å². The van der Waals surface area contributed by atoms with Gasteiger partial charge in [0.05, 0.1) is 18.6 Å². The predicted molar refractivity (Wildman–Crippen MR) is 109 cm³/mol. The number of rotatable bonds is 7. The van der Waals surface area contributed by atoms with Crippen molar-refractivity contribution < 1.29 is 14.3 Å². The van der Waals surface area contributed by atoms with E-state index < -0.39 is 0 Å². The second kappa shape index (κ2) is 9.44. The van der Waals surface area contributed by atoms with Gasteiger partial charge in [-0.25, -0.2) is 0 Å². The van der Waals surface area contributed by atoms with E-state index in [2.05, 4.69) is 11.0 Å². The minimum Gasteiger partial charge on any atom is -0.497 e. The molecule has 0 spiro atoms. The number of methoxy groups -OCH3 is 2. The van der Waals surface area contributed by atoms with E-state index >= 15 is 0 Å². The number of halogens is 1. The molecule has 0 N–H and O–H groups in total. The fourth-order valence-electron chi connectivity index (χ4n) is 3.23. The largest absolute Gasteiger partial charge is 0.497 e. The number of ether oxygens (including phenoxy) is 2. The maximum Gasteiger partial charge on any atom is 0.222 e. The third kappa shape index (κ3) is 5.61. The number of carbonyl (C=O) groups is 1. The molecule has 0 atom stereocenters. The van der Waals surface area contributed by atoms with Gasteiger partial charge in [0.25, 0.3) is 0 Å². The molecular weight excluding hydrogens is 384 g/mol. The Balaban J connectivity index is 1.47. The molecule has 0 unspecified atom stereocenters. The maximum atomic E-state index is 12.6. The number of thiophene rings is 1. The van der Waals surface area contributed by atoms with E-state index in [1.54, 1.807) is 25.6 Å². The standard InChI is InChI=1S/C20H25ClN2O3S/c1-25-16-11-15(12-17(13-16)26-2)3-6-20(24)23-9-7-22(8-10-23)14-18-4-5-19(21)27-18/h4-5,11-13H,3,6-10,14H2,1-2H3. The van der Waals surface area contributed by atoms with Crippen LogP contribution in [0.5, 0.6) is 11.5 Å². The Labute approximate surface area is 169 Å². The van der Waals surface area contributed by atoms with Gasteiger partial charge in [0.1, 0.15) is 11.5 Å². The molecule has 2 aromatic rings. The number of hydrogen-bond donors (Lipinski definition) is 0. The topological polar surface area (TPSA) is 42.0 Å². The van der Waals surface area contributed by atoms with Crippen LogP contribution in [-0.4, -0.2) is 56.1 Å². The molecule has 1 amide bonds. The normalized spacial score (nSPS) is 15.0. The highest BCUT2D eigenvalue weighted by Gasteiger charge is 2.21. The minimum absolute atomic E-state index is 0.204. The van der Waals surface area contributed by atoms with Crippen LogP contribution in [0.4, 0.5) is 0 Å². The lowest BCUT2D eigenvalue weighted by atomic mass is 10.1. The summed E-state index contributed by atoms with van der Waals surface area (Å²) in [6, 6.07) is 9.77. The van der Waals surface area contributed by atoms with Gasteiger partial charge in [0.2, 0.25) is 5.91 Å². The fraction of sp³-hybridized carbons (Fsp3) is 0.450. The molecule has 27 heavy (non-hydrogen) atoms. The van der Waals surface area contributed by atoms with Gasteiger partial charge in [-0.2, -0.15) is 0 Å². The average Bonchev–Trinajstić information content (AvgIpc) is 3.11. The zero-order valence-corrected chi connectivity index (χ0v) is 17.3. The summed E-state index contributed by atoms with van der Waals surface area (Å²) in [7, 11) is 3.26. The molecule has 1 aliphatic rings. The van der Waals surface area contributed by atoms with E-state index in [4.69, 9.17) is 21.1 Å². The summed E-state index contributed by atoms with van der Waals surface area (Å²) in [6.45, 7) is 4.25. The van der Waals surface area contributed by atoms with Crippen LogP contribution in [0, 0.1) is 0 Å². The van der Waals surface area contributed by atoms with Crippen molar-refractivity contribution in [3.05, 3.63) is 45.1 Å². The van der Waals surface area contributed by atoms with Crippen LogP contribution < -0.4 is 9.47 Å². The van der Waals surface area contributed by atoms with Crippen molar-refractivity contribution in [3.8, 4) is 11.5 Å². The SMILES string of the molecule is COc1cc(CCC(=O)N2CCN(Cc3ccc(Cl)s3)CC2)cc(OC)c1. The molecule has 3 rings (SSSR count). The van der Waals surface area contributed by atoms with Crippen LogP contribution in [0.15, 0.2) is 30.3 Å². The Bertz CT molecular complexity index is 750. The van der Waals surface area contributed by atoms with E-state index in [1.165, 1.54) is 4.88 Å². The van der Waals surface area contributed by atoms with E-state index in [0.717, 1.165) is 54.1 Å². The smallest absolute Gasteiger partial charge is 0.222 e. The Morgan fingerprint density at radius 3 is 2.30 bits per heavy atom. The summed E-state index contributed by atoms with van der Waals surface area (Å²) in [5, 5.41) is 0. The van der Waals surface area contributed by atoms with Crippen LogP contribution >= 0.6 is 22.9 Å². The first-order valence-electron chi connectivity index (χ1n) is 9.03. The summed E-state index contributed by atoms with van der Waals surface area (Å²) in [5.74, 6) is 1.70. The highest BCUT2D eigenvalue weighted by atomic mass is 35.5. The number of amides is 1. The molecule has 7 heteroatoms. The van der Waals surface area contributed by atoms with Crippen molar-refractivity contribution in [1.29, 1.82) is 0 Å². The van der Waals surface area contributed by atoms with Gasteiger partial charge in [0, 0.05) is 50.1 Å². The Morgan fingerprint density at radius 1 is 1.07 bits per heavy atom. The minimum atomic E-state index is 0.204. The van der Waals surface area contributed by atoms with Crippen molar-refractivity contribution in [3.63, 3.8) is 0 Å². The van der Waals surface area contributed by atoms with Crippen LogP contribution in [0.2, 0.25) is 4.34 Å². The van der Waals surface area contributed by atoms with Gasteiger partial charge in [-0.05, 0) is 36.2 Å². The monoisotopic (exact) mass is 408 g/mol. The second-order valence-corrected chi connectivity index (χ2v) is 8.38. The fourth-order valence-corrected chi connectivity index (χ4v) is 4.36. The summed E-state index contributed by atoms with van der Waals surface area (Å²) in [4.78, 5) is 18.2. The molecule has 1 saturated heterocycles. The van der Waals surface area contributed by atoms with Crippen molar-refractivity contribution in [1.82, 2.24) is 9.80 Å². The Hall–Kier alpha value is -1.76. The zero-order valence-electron chi connectivity index (χ0n) is 15.7. The van der Waals surface area contributed by atoms with Gasteiger partial charge in [0.15, 0.2) is 0 Å². The first-order valence-corrected chi connectivity index (χ1v) is 10.2. The molecule has 2 heterocycles. The van der Waals surface area contributed by atoms with Gasteiger partial charge >= 0.3 is 0 Å². The van der Waals surface area contributed by atoms with E-state index in [1.807, 2.05) is 29.2 Å². The molecule has 0 saturated carbocycles. The lowest BCUT2D eigenvalue weighted by Gasteiger charge is -2.34. The molecule has 0 aliphatic carbocycles. The predicted octanol–water partition coefficient (Wildman–Crippen LogP) is 3.70. The molecule has 5 nitrogen and oxygen atoms in total. The zero-order chi connectivity index (χ0) is 19.2. The lowest BCUT2D eigenvalue weighted by Crippen LogP contribution is -2.48. The van der Waals surface area contributed by atoms with Gasteiger partial charge < -0.3 is 14.4 Å². The number of aryl methyl sites for hydroxylation is 1. The van der Waals surface area contributed by atoms with E-state index in [-0.39, 0.29) is 5.91 Å². The summed E-state index contributed by atoms with van der Waals surface area (Å²) in [5.41, 5.74) is 1.05. The quantitative estimate of drug-likeness (QED) is 0.700. The highest BCUT2D eigenvalue weighted by molar-refractivity contribution is 7.16. The average molecular weight is 409 g/mol. The number of carbonyl (C=O) groups excluding carboxylic acids is 1. The molecule has 1 aliphatic heterocycles. The summed E-state index contributed by atoms with van der Waals surface area (Å²) >= 11 is 7.62. The van der Waals surface area contributed by atoms with Crippen LogP contribution in [-0.2, 0) is 17.8 Å². The molecule has 1 aromatic carbocycles. The Morgan fingerprint density at radius 2 is 1.74 bits per heavy atom. The molecule has 1 aromatic heterocycles. The first kappa shape index (κ1) is 20.0. The molecular formula is C20H25ClN2O3S. The second-order valence-electron chi connectivity index (χ2n) is 6.58. The van der Waals surface area contributed by atoms with Gasteiger partial charge in [-0.1, -0.05) is 11.6 Å². The van der Waals surface area contributed by atoms with Crippen molar-refractivity contribution in [2.24, 2.45) is 0 Å². The molecule has 0 radical (unpaired) electrons. The van der Waals surface area contributed by atoms with Gasteiger partial charge in [-0.15, -0.1) is 11.3 Å². The molecule has 1 fully saturated rings. The molecule has 146 valence electrons.